The van der Waals surface area contributed by atoms with Crippen molar-refractivity contribution in [3.05, 3.63) is 65.7 Å². The van der Waals surface area contributed by atoms with Gasteiger partial charge in [-0.1, -0.05) is 18.2 Å². The molecule has 1 heterocycles. The molecule has 0 saturated carbocycles. The minimum Gasteiger partial charge on any atom is -0.465 e. The molecule has 9 nitrogen and oxygen atoms in total. The number of rotatable bonds is 9. The van der Waals surface area contributed by atoms with Crippen molar-refractivity contribution in [3.8, 4) is 0 Å². The highest BCUT2D eigenvalue weighted by Gasteiger charge is 2.19. The summed E-state index contributed by atoms with van der Waals surface area (Å²) in [6.07, 6.45) is 0.370. The maximum Gasteiger partial charge on any atom is 0.320 e. The molecule has 0 radical (unpaired) electrons. The van der Waals surface area contributed by atoms with E-state index < -0.39 is 5.91 Å². The van der Waals surface area contributed by atoms with Gasteiger partial charge in [0, 0.05) is 56.0 Å². The van der Waals surface area contributed by atoms with Crippen LogP contribution in [0.3, 0.4) is 0 Å². The van der Waals surface area contributed by atoms with E-state index in [4.69, 9.17) is 10.5 Å². The van der Waals surface area contributed by atoms with E-state index in [1.54, 1.807) is 55.5 Å². The van der Waals surface area contributed by atoms with Crippen LogP contribution < -0.4 is 11.1 Å². The van der Waals surface area contributed by atoms with Gasteiger partial charge in [0.1, 0.15) is 5.84 Å². The van der Waals surface area contributed by atoms with E-state index in [1.165, 1.54) is 0 Å². The van der Waals surface area contributed by atoms with Gasteiger partial charge in [-0.15, -0.1) is 0 Å². The lowest BCUT2D eigenvalue weighted by atomic mass is 10.1. The van der Waals surface area contributed by atoms with Crippen LogP contribution in [0.1, 0.15) is 29.3 Å². The predicted molar refractivity (Wildman–Crippen MR) is 131 cm³/mol. The Morgan fingerprint density at radius 1 is 0.941 bits per heavy atom. The van der Waals surface area contributed by atoms with E-state index in [2.05, 4.69) is 20.1 Å². The number of carbonyl (C=O) groups is 3. The normalized spacial score (nSPS) is 15.0. The molecule has 0 bridgehead atoms. The maximum atomic E-state index is 12.4. The fraction of sp³-hybridized carbons (Fsp3) is 0.360. The number of ether oxygens (including phenoxy) is 1. The summed E-state index contributed by atoms with van der Waals surface area (Å²) in [5.74, 6) is -0.564. The lowest BCUT2D eigenvalue weighted by Gasteiger charge is -2.33. The summed E-state index contributed by atoms with van der Waals surface area (Å²) < 4.78 is 4.99. The zero-order valence-electron chi connectivity index (χ0n) is 19.4. The second kappa shape index (κ2) is 12.6. The Hall–Kier alpha value is -3.56. The number of hydrogen-bond donors (Lipinski definition) is 2. The molecule has 0 unspecified atom stereocenters. The first-order chi connectivity index (χ1) is 16.4. The van der Waals surface area contributed by atoms with E-state index in [1.807, 2.05) is 6.07 Å². The number of hydrogen-bond acceptors (Lipinski definition) is 6. The predicted octanol–water partition coefficient (Wildman–Crippen LogP) is 1.74. The number of carbonyl (C=O) groups excluding carboxylic acids is 3. The van der Waals surface area contributed by atoms with Crippen LogP contribution in [0.15, 0.2) is 59.6 Å². The van der Waals surface area contributed by atoms with Crippen LogP contribution in [-0.2, 0) is 14.3 Å². The Morgan fingerprint density at radius 3 is 2.24 bits per heavy atom. The van der Waals surface area contributed by atoms with Gasteiger partial charge in [0.05, 0.1) is 13.2 Å². The molecule has 0 spiro atoms. The van der Waals surface area contributed by atoms with Crippen molar-refractivity contribution in [2.24, 2.45) is 10.7 Å². The largest absolute Gasteiger partial charge is 0.465 e. The van der Waals surface area contributed by atoms with Gasteiger partial charge in [0.25, 0.3) is 5.91 Å². The number of amidine groups is 1. The van der Waals surface area contributed by atoms with Gasteiger partial charge in [0.15, 0.2) is 0 Å². The van der Waals surface area contributed by atoms with Crippen molar-refractivity contribution in [3.63, 3.8) is 0 Å². The van der Waals surface area contributed by atoms with Crippen LogP contribution in [0.4, 0.5) is 5.69 Å². The van der Waals surface area contributed by atoms with Crippen molar-refractivity contribution in [2.75, 3.05) is 51.2 Å². The zero-order chi connectivity index (χ0) is 24.3. The van der Waals surface area contributed by atoms with Gasteiger partial charge in [-0.05, 0) is 43.3 Å². The first kappa shape index (κ1) is 25.1. The lowest BCUT2D eigenvalue weighted by Crippen LogP contribution is -2.48. The molecule has 1 fully saturated rings. The minimum atomic E-state index is -0.405. The fourth-order valence-electron chi connectivity index (χ4n) is 3.59. The summed E-state index contributed by atoms with van der Waals surface area (Å²) in [6, 6.07) is 15.6. The SMILES string of the molecule is CCOC(=O)CN1CCN(CCC(=O)Nc2ccc(C(N)=NC(=O)c3ccccc3)cc2)CC1. The highest BCUT2D eigenvalue weighted by atomic mass is 16.5. The highest BCUT2D eigenvalue weighted by molar-refractivity contribution is 6.08. The summed E-state index contributed by atoms with van der Waals surface area (Å²) in [4.78, 5) is 44.4. The number of aliphatic imine (C=N–C) groups is 1. The number of nitrogens with one attached hydrogen (secondary N) is 1. The molecule has 0 atom stereocenters. The van der Waals surface area contributed by atoms with Gasteiger partial charge in [0.2, 0.25) is 5.91 Å². The first-order valence-electron chi connectivity index (χ1n) is 11.4. The lowest BCUT2D eigenvalue weighted by molar-refractivity contribution is -0.144. The van der Waals surface area contributed by atoms with Crippen LogP contribution in [0.5, 0.6) is 0 Å². The molecule has 2 aromatic rings. The second-order valence-corrected chi connectivity index (χ2v) is 7.97. The Labute approximate surface area is 199 Å². The topological polar surface area (TPSA) is 117 Å². The van der Waals surface area contributed by atoms with Gasteiger partial charge in [-0.25, -0.2) is 0 Å². The molecule has 1 aliphatic heterocycles. The molecule has 1 saturated heterocycles. The molecule has 3 N–H and O–H groups in total. The van der Waals surface area contributed by atoms with E-state index in [0.29, 0.717) is 42.9 Å². The Kier molecular flexibility index (Phi) is 9.30. The highest BCUT2D eigenvalue weighted by Crippen LogP contribution is 2.11. The summed E-state index contributed by atoms with van der Waals surface area (Å²) in [6.45, 7) is 6.32. The smallest absolute Gasteiger partial charge is 0.320 e. The molecule has 2 amide bonds. The van der Waals surface area contributed by atoms with Gasteiger partial charge in [-0.3, -0.25) is 19.3 Å². The van der Waals surface area contributed by atoms with Gasteiger partial charge < -0.3 is 20.7 Å². The summed E-state index contributed by atoms with van der Waals surface area (Å²) in [5, 5.41) is 2.88. The van der Waals surface area contributed by atoms with Crippen LogP contribution in [-0.4, -0.2) is 79.3 Å². The quantitative estimate of drug-likeness (QED) is 0.329. The standard InChI is InChI=1S/C25H31N5O4/c1-2-34-23(32)18-30-16-14-29(15-17-30)13-12-22(31)27-21-10-8-19(9-11-21)24(26)28-25(33)20-6-4-3-5-7-20/h3-11H,2,12-18H2,1H3,(H,27,31)(H2,26,28,33). The molecular weight excluding hydrogens is 434 g/mol. The van der Waals surface area contributed by atoms with Gasteiger partial charge in [-0.2, -0.15) is 4.99 Å². The average Bonchev–Trinajstić information content (AvgIpc) is 2.84. The van der Waals surface area contributed by atoms with E-state index in [-0.39, 0.29) is 17.7 Å². The third-order valence-electron chi connectivity index (χ3n) is 5.49. The Balaban J connectivity index is 1.41. The average molecular weight is 466 g/mol. The minimum absolute atomic E-state index is 0.0809. The maximum absolute atomic E-state index is 12.4. The molecule has 0 aromatic heterocycles. The zero-order valence-corrected chi connectivity index (χ0v) is 19.4. The van der Waals surface area contributed by atoms with E-state index in [0.717, 1.165) is 26.2 Å². The van der Waals surface area contributed by atoms with E-state index >= 15 is 0 Å². The van der Waals surface area contributed by atoms with Crippen molar-refractivity contribution in [1.82, 2.24) is 9.80 Å². The van der Waals surface area contributed by atoms with Crippen molar-refractivity contribution >= 4 is 29.3 Å². The number of nitrogens with two attached hydrogens (primary N) is 1. The molecule has 3 rings (SSSR count). The third-order valence-corrected chi connectivity index (χ3v) is 5.49. The fourth-order valence-corrected chi connectivity index (χ4v) is 3.59. The monoisotopic (exact) mass is 465 g/mol. The molecule has 34 heavy (non-hydrogen) atoms. The summed E-state index contributed by atoms with van der Waals surface area (Å²) in [5.41, 5.74) is 7.69. The molecule has 0 aliphatic carbocycles. The second-order valence-electron chi connectivity index (χ2n) is 7.97. The van der Waals surface area contributed by atoms with Crippen LogP contribution in [0.25, 0.3) is 0 Å². The van der Waals surface area contributed by atoms with Crippen molar-refractivity contribution in [1.29, 1.82) is 0 Å². The number of nitrogens with zero attached hydrogens (tertiary/aromatic N) is 3. The molecular formula is C25H31N5O4. The summed E-state index contributed by atoms with van der Waals surface area (Å²) in [7, 11) is 0. The van der Waals surface area contributed by atoms with Crippen LogP contribution >= 0.6 is 0 Å². The number of amides is 2. The number of benzene rings is 2. The Bertz CT molecular complexity index is 1000. The number of esters is 1. The van der Waals surface area contributed by atoms with Gasteiger partial charge >= 0.3 is 5.97 Å². The Morgan fingerprint density at radius 2 is 1.59 bits per heavy atom. The summed E-state index contributed by atoms with van der Waals surface area (Å²) >= 11 is 0. The third kappa shape index (κ3) is 7.79. The molecule has 2 aromatic carbocycles. The van der Waals surface area contributed by atoms with Crippen LogP contribution in [0.2, 0.25) is 0 Å². The first-order valence-corrected chi connectivity index (χ1v) is 11.4. The number of anilines is 1. The van der Waals surface area contributed by atoms with Crippen molar-refractivity contribution in [2.45, 2.75) is 13.3 Å². The molecule has 9 heteroatoms. The molecule has 180 valence electrons. The van der Waals surface area contributed by atoms with Crippen molar-refractivity contribution < 1.29 is 19.1 Å². The van der Waals surface area contributed by atoms with Crippen LogP contribution in [0, 0.1) is 0 Å². The molecule has 1 aliphatic rings. The number of piperazine rings is 1. The van der Waals surface area contributed by atoms with E-state index in [9.17, 15) is 14.4 Å².